The van der Waals surface area contributed by atoms with E-state index < -0.39 is 5.97 Å². The number of hydrogen-bond donors (Lipinski definition) is 1. The molecule has 1 N–H and O–H groups in total. The number of carbonyl (C=O) groups is 1. The van der Waals surface area contributed by atoms with Crippen LogP contribution in [0.2, 0.25) is 0 Å². The van der Waals surface area contributed by atoms with E-state index in [0.717, 1.165) is 37.3 Å². The van der Waals surface area contributed by atoms with Crippen LogP contribution in [-0.4, -0.2) is 38.5 Å². The van der Waals surface area contributed by atoms with Crippen molar-refractivity contribution >= 4 is 28.6 Å². The molecule has 0 saturated carbocycles. The molecular weight excluding hydrogens is 352 g/mol. The second kappa shape index (κ2) is 6.64. The lowest BCUT2D eigenvalue weighted by Crippen LogP contribution is -2.33. The van der Waals surface area contributed by atoms with Gasteiger partial charge in [-0.1, -0.05) is 36.4 Å². The van der Waals surface area contributed by atoms with Crippen molar-refractivity contribution in [1.82, 2.24) is 14.4 Å². The van der Waals surface area contributed by atoms with Gasteiger partial charge in [0.25, 0.3) is 0 Å². The minimum absolute atomic E-state index is 0.202. The Bertz CT molecular complexity index is 1160. The van der Waals surface area contributed by atoms with Crippen molar-refractivity contribution in [1.29, 1.82) is 0 Å². The summed E-state index contributed by atoms with van der Waals surface area (Å²) in [4.78, 5) is 23.0. The molecule has 0 unspecified atom stereocenters. The first kappa shape index (κ1) is 16.7. The molecule has 4 aromatic rings. The van der Waals surface area contributed by atoms with E-state index in [1.807, 2.05) is 22.7 Å². The second-order valence-corrected chi connectivity index (χ2v) is 7.22. The summed E-state index contributed by atoms with van der Waals surface area (Å²) in [5.41, 5.74) is 2.85. The topological polar surface area (TPSA) is 70.7 Å². The summed E-state index contributed by atoms with van der Waals surface area (Å²) in [5, 5.41) is 9.41. The molecule has 3 heterocycles. The number of nitrogens with zero attached hydrogens (tertiary/aromatic N) is 4. The number of rotatable bonds is 3. The molecule has 0 radical (unpaired) electrons. The van der Waals surface area contributed by atoms with E-state index in [4.69, 9.17) is 4.98 Å². The van der Waals surface area contributed by atoms with Gasteiger partial charge >= 0.3 is 5.97 Å². The van der Waals surface area contributed by atoms with E-state index in [-0.39, 0.29) is 5.56 Å². The van der Waals surface area contributed by atoms with Gasteiger partial charge in [0.1, 0.15) is 11.3 Å². The molecule has 0 atom stereocenters. The zero-order valence-electron chi connectivity index (χ0n) is 15.3. The smallest absolute Gasteiger partial charge is 0.337 e. The van der Waals surface area contributed by atoms with Crippen LogP contribution >= 0.6 is 0 Å². The highest BCUT2D eigenvalue weighted by Gasteiger charge is 2.22. The lowest BCUT2D eigenvalue weighted by Gasteiger charge is -2.33. The quantitative estimate of drug-likeness (QED) is 0.589. The van der Waals surface area contributed by atoms with Crippen LogP contribution in [0.15, 0.2) is 60.8 Å². The predicted molar refractivity (Wildman–Crippen MR) is 108 cm³/mol. The van der Waals surface area contributed by atoms with Crippen molar-refractivity contribution in [2.45, 2.75) is 18.8 Å². The number of para-hydroxylation sites is 1. The first-order chi connectivity index (χ1) is 13.7. The molecule has 1 aliphatic heterocycles. The molecule has 0 spiro atoms. The molecule has 28 heavy (non-hydrogen) atoms. The van der Waals surface area contributed by atoms with Gasteiger partial charge in [0.05, 0.1) is 11.1 Å². The summed E-state index contributed by atoms with van der Waals surface area (Å²) in [7, 11) is 0. The van der Waals surface area contributed by atoms with Gasteiger partial charge in [-0.05, 0) is 42.5 Å². The SMILES string of the molecule is O=C(O)c1cccc2c1nc1nc(N3CCC(c4ccccc4)CC3)ccn12. The number of aromatic carboxylic acids is 1. The fourth-order valence-electron chi connectivity index (χ4n) is 4.13. The Labute approximate surface area is 162 Å². The molecule has 2 aromatic heterocycles. The summed E-state index contributed by atoms with van der Waals surface area (Å²) in [6.45, 7) is 1.90. The molecule has 6 heteroatoms. The third-order valence-electron chi connectivity index (χ3n) is 5.61. The van der Waals surface area contributed by atoms with Gasteiger partial charge in [-0.3, -0.25) is 4.40 Å². The summed E-state index contributed by atoms with van der Waals surface area (Å²) < 4.78 is 1.85. The largest absolute Gasteiger partial charge is 0.478 e. The molecule has 1 aliphatic rings. The van der Waals surface area contributed by atoms with Crippen molar-refractivity contribution in [3.8, 4) is 0 Å². The van der Waals surface area contributed by atoms with Crippen LogP contribution in [0.5, 0.6) is 0 Å². The highest BCUT2D eigenvalue weighted by atomic mass is 16.4. The van der Waals surface area contributed by atoms with Crippen LogP contribution < -0.4 is 4.90 Å². The van der Waals surface area contributed by atoms with Crippen molar-refractivity contribution in [2.75, 3.05) is 18.0 Å². The molecule has 6 nitrogen and oxygen atoms in total. The number of imidazole rings is 1. The second-order valence-electron chi connectivity index (χ2n) is 7.22. The molecule has 140 valence electrons. The predicted octanol–water partition coefficient (Wildman–Crippen LogP) is 3.96. The third-order valence-corrected chi connectivity index (χ3v) is 5.61. The summed E-state index contributed by atoms with van der Waals surface area (Å²) in [6, 6.07) is 17.9. The van der Waals surface area contributed by atoms with Gasteiger partial charge in [0, 0.05) is 19.3 Å². The van der Waals surface area contributed by atoms with Crippen LogP contribution in [0, 0.1) is 0 Å². The number of carboxylic acid groups (broad SMARTS) is 1. The molecule has 2 aromatic carbocycles. The number of hydrogen-bond acceptors (Lipinski definition) is 4. The normalized spacial score (nSPS) is 15.4. The molecule has 0 bridgehead atoms. The first-order valence-corrected chi connectivity index (χ1v) is 9.52. The number of fused-ring (bicyclic) bond motifs is 3. The minimum Gasteiger partial charge on any atom is -0.478 e. The van der Waals surface area contributed by atoms with Crippen LogP contribution in [0.4, 0.5) is 5.82 Å². The lowest BCUT2D eigenvalue weighted by molar-refractivity contribution is 0.0699. The average molecular weight is 372 g/mol. The van der Waals surface area contributed by atoms with E-state index >= 15 is 0 Å². The maximum atomic E-state index is 11.5. The van der Waals surface area contributed by atoms with Crippen LogP contribution in [0.3, 0.4) is 0 Å². The fraction of sp³-hybridized carbons (Fsp3) is 0.227. The van der Waals surface area contributed by atoms with Gasteiger partial charge in [0.2, 0.25) is 5.78 Å². The standard InChI is InChI=1S/C22H20N4O2/c27-21(28)17-7-4-8-18-20(17)24-22-23-19(11-14-26(18)22)25-12-9-16(10-13-25)15-5-2-1-3-6-15/h1-8,11,14,16H,9-10,12-13H2,(H,27,28). The number of carboxylic acids is 1. The summed E-state index contributed by atoms with van der Waals surface area (Å²) in [5.74, 6) is 1.04. The van der Waals surface area contributed by atoms with Gasteiger partial charge < -0.3 is 10.0 Å². The van der Waals surface area contributed by atoms with E-state index in [1.54, 1.807) is 12.1 Å². The number of benzene rings is 2. The highest BCUT2D eigenvalue weighted by molar-refractivity contribution is 6.01. The Morgan fingerprint density at radius 3 is 2.50 bits per heavy atom. The zero-order chi connectivity index (χ0) is 19.1. The molecule has 1 saturated heterocycles. The van der Waals surface area contributed by atoms with Gasteiger partial charge in [-0.2, -0.15) is 4.98 Å². The third kappa shape index (κ3) is 2.78. The number of aromatic nitrogens is 3. The van der Waals surface area contributed by atoms with Crippen LogP contribution in [0.25, 0.3) is 16.8 Å². The summed E-state index contributed by atoms with van der Waals surface area (Å²) in [6.07, 6.45) is 4.12. The van der Waals surface area contributed by atoms with Gasteiger partial charge in [-0.15, -0.1) is 0 Å². The minimum atomic E-state index is -0.975. The Morgan fingerprint density at radius 2 is 1.75 bits per heavy atom. The fourth-order valence-corrected chi connectivity index (χ4v) is 4.13. The monoisotopic (exact) mass is 372 g/mol. The van der Waals surface area contributed by atoms with E-state index in [9.17, 15) is 9.90 Å². The molecule has 0 aliphatic carbocycles. The van der Waals surface area contributed by atoms with Gasteiger partial charge in [-0.25, -0.2) is 9.78 Å². The Balaban J connectivity index is 1.43. The zero-order valence-corrected chi connectivity index (χ0v) is 15.3. The van der Waals surface area contributed by atoms with Crippen LogP contribution in [0.1, 0.15) is 34.7 Å². The Kier molecular flexibility index (Phi) is 3.97. The van der Waals surface area contributed by atoms with E-state index in [1.165, 1.54) is 5.56 Å². The van der Waals surface area contributed by atoms with Crippen molar-refractivity contribution in [3.63, 3.8) is 0 Å². The van der Waals surface area contributed by atoms with Crippen molar-refractivity contribution in [3.05, 3.63) is 71.9 Å². The molecule has 5 rings (SSSR count). The number of anilines is 1. The maximum absolute atomic E-state index is 11.5. The average Bonchev–Trinajstić information content (AvgIpc) is 3.12. The number of piperidine rings is 1. The highest BCUT2D eigenvalue weighted by Crippen LogP contribution is 2.30. The van der Waals surface area contributed by atoms with Crippen LogP contribution in [-0.2, 0) is 0 Å². The lowest BCUT2D eigenvalue weighted by atomic mass is 9.89. The maximum Gasteiger partial charge on any atom is 0.337 e. The van der Waals surface area contributed by atoms with Gasteiger partial charge in [0.15, 0.2) is 0 Å². The first-order valence-electron chi connectivity index (χ1n) is 9.52. The Morgan fingerprint density at radius 1 is 0.964 bits per heavy atom. The molecular formula is C22H20N4O2. The van der Waals surface area contributed by atoms with E-state index in [0.29, 0.717) is 17.2 Å². The molecule has 0 amide bonds. The van der Waals surface area contributed by atoms with Crippen molar-refractivity contribution in [2.24, 2.45) is 0 Å². The summed E-state index contributed by atoms with van der Waals surface area (Å²) >= 11 is 0. The molecule has 1 fully saturated rings. The van der Waals surface area contributed by atoms with Crippen molar-refractivity contribution < 1.29 is 9.90 Å². The van der Waals surface area contributed by atoms with E-state index in [2.05, 4.69) is 40.2 Å². The Hall–Kier alpha value is -3.41.